The molecular formula is C16H20N4O2. The van der Waals surface area contributed by atoms with Crippen LogP contribution in [0.1, 0.15) is 36.5 Å². The van der Waals surface area contributed by atoms with E-state index in [0.717, 1.165) is 5.69 Å². The van der Waals surface area contributed by atoms with Crippen LogP contribution in [-0.4, -0.2) is 39.6 Å². The molecule has 2 N–H and O–H groups in total. The quantitative estimate of drug-likeness (QED) is 0.838. The van der Waals surface area contributed by atoms with E-state index in [2.05, 4.69) is 9.97 Å². The molecule has 6 heteroatoms. The van der Waals surface area contributed by atoms with Crippen LogP contribution in [0.15, 0.2) is 24.2 Å². The normalized spacial score (nSPS) is 22.2. The Balaban J connectivity index is 1.75. The second-order valence-electron chi connectivity index (χ2n) is 7.06. The van der Waals surface area contributed by atoms with Gasteiger partial charge < -0.3 is 10.6 Å². The van der Waals surface area contributed by atoms with E-state index in [1.807, 2.05) is 26.8 Å². The molecule has 0 radical (unpaired) electrons. The van der Waals surface area contributed by atoms with Gasteiger partial charge in [0.1, 0.15) is 5.69 Å². The largest absolute Gasteiger partial charge is 0.396 e. The number of ketones is 1. The lowest BCUT2D eigenvalue weighted by molar-refractivity contribution is -0.127. The van der Waals surface area contributed by atoms with Gasteiger partial charge in [-0.2, -0.15) is 0 Å². The summed E-state index contributed by atoms with van der Waals surface area (Å²) in [6, 6.07) is 0. The maximum absolute atomic E-state index is 12.4. The van der Waals surface area contributed by atoms with Crippen molar-refractivity contribution in [1.82, 2.24) is 14.9 Å². The van der Waals surface area contributed by atoms with Crippen LogP contribution in [0.2, 0.25) is 0 Å². The molecule has 1 aromatic heterocycles. The van der Waals surface area contributed by atoms with Gasteiger partial charge >= 0.3 is 0 Å². The highest BCUT2D eigenvalue weighted by molar-refractivity contribution is 6.00. The summed E-state index contributed by atoms with van der Waals surface area (Å²) in [5, 5.41) is 0. The predicted molar refractivity (Wildman–Crippen MR) is 80.8 cm³/mol. The molecule has 0 saturated carbocycles. The second-order valence-corrected chi connectivity index (χ2v) is 7.06. The van der Waals surface area contributed by atoms with Crippen LogP contribution in [0.25, 0.3) is 0 Å². The van der Waals surface area contributed by atoms with Crippen molar-refractivity contribution in [2.45, 2.75) is 27.2 Å². The number of nitrogens with two attached hydrogens (primary N) is 1. The summed E-state index contributed by atoms with van der Waals surface area (Å²) < 4.78 is 0. The number of aryl methyl sites for hydroxylation is 1. The van der Waals surface area contributed by atoms with Crippen LogP contribution in [0.4, 0.5) is 0 Å². The van der Waals surface area contributed by atoms with E-state index in [1.54, 1.807) is 11.1 Å². The number of hydrogen-bond donors (Lipinski definition) is 1. The van der Waals surface area contributed by atoms with Crippen LogP contribution in [-0.2, 0) is 4.79 Å². The number of amides is 1. The van der Waals surface area contributed by atoms with Crippen LogP contribution < -0.4 is 5.73 Å². The molecule has 2 aliphatic rings. The van der Waals surface area contributed by atoms with Gasteiger partial charge in [-0.05, 0) is 19.4 Å². The summed E-state index contributed by atoms with van der Waals surface area (Å²) in [5.74, 6) is -0.132. The highest BCUT2D eigenvalue weighted by atomic mass is 16.2. The highest BCUT2D eigenvalue weighted by Crippen LogP contribution is 2.47. The van der Waals surface area contributed by atoms with Crippen LogP contribution >= 0.6 is 0 Å². The molecule has 1 fully saturated rings. The Kier molecular flexibility index (Phi) is 3.09. The maximum Gasteiger partial charge on any atom is 0.274 e. The summed E-state index contributed by atoms with van der Waals surface area (Å²) in [4.78, 5) is 34.4. The molecule has 1 aliphatic heterocycles. The third-order valence-electron chi connectivity index (χ3n) is 4.43. The molecule has 22 heavy (non-hydrogen) atoms. The lowest BCUT2D eigenvalue weighted by Crippen LogP contribution is -2.61. The topological polar surface area (TPSA) is 89.2 Å². The summed E-state index contributed by atoms with van der Waals surface area (Å²) in [6.07, 6.45) is 5.64. The molecule has 0 atom stereocenters. The summed E-state index contributed by atoms with van der Waals surface area (Å²) in [5.41, 5.74) is 6.66. The van der Waals surface area contributed by atoms with Gasteiger partial charge in [-0.15, -0.1) is 0 Å². The number of aromatic nitrogens is 2. The molecule has 1 aromatic rings. The van der Waals surface area contributed by atoms with E-state index >= 15 is 0 Å². The third kappa shape index (κ3) is 2.28. The maximum atomic E-state index is 12.4. The van der Waals surface area contributed by atoms with E-state index in [4.69, 9.17) is 5.73 Å². The molecule has 3 rings (SSSR count). The lowest BCUT2D eigenvalue weighted by Gasteiger charge is -2.53. The summed E-state index contributed by atoms with van der Waals surface area (Å²) >= 11 is 0. The van der Waals surface area contributed by atoms with Gasteiger partial charge in [0.05, 0.1) is 17.6 Å². The Labute approximate surface area is 129 Å². The van der Waals surface area contributed by atoms with Crippen molar-refractivity contribution < 1.29 is 9.59 Å². The zero-order valence-electron chi connectivity index (χ0n) is 13.1. The first-order valence-electron chi connectivity index (χ1n) is 7.34. The average Bonchev–Trinajstić information content (AvgIpc) is 2.41. The Morgan fingerprint density at radius 1 is 1.27 bits per heavy atom. The zero-order chi connectivity index (χ0) is 16.1. The van der Waals surface area contributed by atoms with E-state index in [-0.39, 0.29) is 17.1 Å². The molecule has 1 saturated heterocycles. The minimum Gasteiger partial charge on any atom is -0.396 e. The fraction of sp³-hybridized carbons (Fsp3) is 0.500. The molecule has 0 unspecified atom stereocenters. The first-order valence-corrected chi connectivity index (χ1v) is 7.34. The van der Waals surface area contributed by atoms with E-state index in [1.165, 1.54) is 6.20 Å². The number of allylic oxidation sites excluding steroid dienone is 1. The molecule has 1 amide bonds. The average molecular weight is 300 g/mol. The first-order chi connectivity index (χ1) is 10.2. The smallest absolute Gasteiger partial charge is 0.274 e. The number of Topliss-reactive ketones (excluding diaryl/α,β-unsaturated/α-hetero) is 1. The van der Waals surface area contributed by atoms with E-state index in [9.17, 15) is 9.59 Å². The molecule has 1 aliphatic carbocycles. The van der Waals surface area contributed by atoms with Gasteiger partial charge in [0.2, 0.25) is 0 Å². The minimum absolute atomic E-state index is 0.00713. The van der Waals surface area contributed by atoms with Crippen molar-refractivity contribution in [1.29, 1.82) is 0 Å². The molecule has 0 aromatic carbocycles. The fourth-order valence-electron chi connectivity index (χ4n) is 3.52. The van der Waals surface area contributed by atoms with E-state index in [0.29, 0.717) is 30.9 Å². The highest BCUT2D eigenvalue weighted by Gasteiger charge is 2.51. The second kappa shape index (κ2) is 4.63. The van der Waals surface area contributed by atoms with Crippen LogP contribution in [0.3, 0.4) is 0 Å². The lowest BCUT2D eigenvalue weighted by atomic mass is 9.62. The zero-order valence-corrected chi connectivity index (χ0v) is 13.1. The van der Waals surface area contributed by atoms with Gasteiger partial charge in [0.15, 0.2) is 5.78 Å². The monoisotopic (exact) mass is 300 g/mol. The standard InChI is InChI=1S/C16H20N4O2/c1-10-5-19-12(6-18-10)14(22)20-8-16(9-20)4-11(17)13(21)15(2,3)7-16/h4-6H,7-9,17H2,1-3H3. The number of carbonyl (C=O) groups excluding carboxylic acids is 2. The first kappa shape index (κ1) is 14.7. The van der Waals surface area contributed by atoms with Crippen molar-refractivity contribution in [3.05, 3.63) is 35.6 Å². The Morgan fingerprint density at radius 3 is 2.50 bits per heavy atom. The van der Waals surface area contributed by atoms with Gasteiger partial charge in [0.25, 0.3) is 5.91 Å². The summed E-state index contributed by atoms with van der Waals surface area (Å²) in [6.45, 7) is 6.78. The van der Waals surface area contributed by atoms with Crippen molar-refractivity contribution in [3.63, 3.8) is 0 Å². The van der Waals surface area contributed by atoms with Crippen molar-refractivity contribution >= 4 is 11.7 Å². The molecule has 116 valence electrons. The number of rotatable bonds is 1. The van der Waals surface area contributed by atoms with Crippen LogP contribution in [0, 0.1) is 17.8 Å². The molecule has 1 spiro atoms. The Hall–Kier alpha value is -2.24. The Morgan fingerprint density at radius 2 is 1.95 bits per heavy atom. The van der Waals surface area contributed by atoms with Gasteiger partial charge in [-0.3, -0.25) is 14.6 Å². The van der Waals surface area contributed by atoms with Gasteiger partial charge in [-0.1, -0.05) is 13.8 Å². The molecular weight excluding hydrogens is 280 g/mol. The number of carbonyl (C=O) groups is 2. The predicted octanol–water partition coefficient (Wildman–Crippen LogP) is 1.07. The van der Waals surface area contributed by atoms with Crippen molar-refractivity contribution in [2.24, 2.45) is 16.6 Å². The fourth-order valence-corrected chi connectivity index (χ4v) is 3.52. The SMILES string of the molecule is Cc1cnc(C(=O)N2CC3(C=C(N)C(=O)C(C)(C)C3)C2)cn1. The molecule has 0 bridgehead atoms. The van der Waals surface area contributed by atoms with Crippen molar-refractivity contribution in [2.75, 3.05) is 13.1 Å². The van der Waals surface area contributed by atoms with Gasteiger partial charge in [0, 0.05) is 30.1 Å². The third-order valence-corrected chi connectivity index (χ3v) is 4.43. The minimum atomic E-state index is -0.475. The summed E-state index contributed by atoms with van der Waals surface area (Å²) in [7, 11) is 0. The Bertz CT molecular complexity index is 670. The number of hydrogen-bond acceptors (Lipinski definition) is 5. The van der Waals surface area contributed by atoms with Crippen LogP contribution in [0.5, 0.6) is 0 Å². The number of likely N-dealkylation sites (tertiary alicyclic amines) is 1. The van der Waals surface area contributed by atoms with Gasteiger partial charge in [-0.25, -0.2) is 4.98 Å². The molecule has 2 heterocycles. The van der Waals surface area contributed by atoms with E-state index < -0.39 is 5.41 Å². The number of nitrogens with zero attached hydrogens (tertiary/aromatic N) is 3. The van der Waals surface area contributed by atoms with Crippen molar-refractivity contribution in [3.8, 4) is 0 Å². The molecule has 6 nitrogen and oxygen atoms in total.